The molecule has 3 rings (SSSR count). The van der Waals surface area contributed by atoms with Crippen LogP contribution in [0, 0.1) is 6.92 Å². The van der Waals surface area contributed by atoms with Crippen LogP contribution in [0.2, 0.25) is 0 Å². The molecule has 0 aliphatic heterocycles. The second-order valence-corrected chi connectivity index (χ2v) is 5.27. The van der Waals surface area contributed by atoms with Gasteiger partial charge in [0.15, 0.2) is 0 Å². The summed E-state index contributed by atoms with van der Waals surface area (Å²) in [6, 6.07) is 17.2. The van der Waals surface area contributed by atoms with Gasteiger partial charge < -0.3 is 10.3 Å². The van der Waals surface area contributed by atoms with Gasteiger partial charge in [-0.3, -0.25) is 0 Å². The first kappa shape index (κ1) is 13.4. The maximum Gasteiger partial charge on any atom is 0.0924 e. The highest BCUT2D eigenvalue weighted by Gasteiger charge is 2.07. The van der Waals surface area contributed by atoms with Crippen LogP contribution in [-0.4, -0.2) is 9.97 Å². The van der Waals surface area contributed by atoms with E-state index in [4.69, 9.17) is 0 Å². The van der Waals surface area contributed by atoms with Crippen molar-refractivity contribution in [2.45, 2.75) is 19.9 Å². The molecule has 3 nitrogen and oxygen atoms in total. The largest absolute Gasteiger partial charge is 0.379 e. The molecule has 0 aliphatic carbocycles. The highest BCUT2D eigenvalue weighted by molar-refractivity contribution is 5.62. The number of hydrogen-bond donors (Lipinski definition) is 2. The number of rotatable bonds is 4. The monoisotopic (exact) mass is 277 g/mol. The molecule has 0 bridgehead atoms. The normalized spacial score (nSPS) is 12.1. The fraction of sp³-hybridized carbons (Fsp3) is 0.167. The summed E-state index contributed by atoms with van der Waals surface area (Å²) in [6.45, 7) is 4.33. The minimum atomic E-state index is 0.282. The Balaban J connectivity index is 1.75. The molecule has 0 aliphatic rings. The Labute approximate surface area is 125 Å². The highest BCUT2D eigenvalue weighted by atomic mass is 14.9. The lowest BCUT2D eigenvalue weighted by Crippen LogP contribution is -2.07. The van der Waals surface area contributed by atoms with E-state index in [1.807, 2.05) is 6.20 Å². The van der Waals surface area contributed by atoms with E-state index in [2.05, 4.69) is 77.7 Å². The van der Waals surface area contributed by atoms with Crippen molar-refractivity contribution in [3.05, 3.63) is 72.2 Å². The molecule has 0 saturated carbocycles. The summed E-state index contributed by atoms with van der Waals surface area (Å²) in [5.74, 6) is 0. The van der Waals surface area contributed by atoms with Crippen LogP contribution in [0.3, 0.4) is 0 Å². The van der Waals surface area contributed by atoms with Crippen molar-refractivity contribution in [3.63, 3.8) is 0 Å². The number of aryl methyl sites for hydroxylation is 1. The summed E-state index contributed by atoms with van der Waals surface area (Å²) >= 11 is 0. The van der Waals surface area contributed by atoms with Crippen LogP contribution in [-0.2, 0) is 0 Å². The number of benzene rings is 2. The lowest BCUT2D eigenvalue weighted by Gasteiger charge is -2.18. The second kappa shape index (κ2) is 5.83. The Morgan fingerprint density at radius 3 is 2.48 bits per heavy atom. The van der Waals surface area contributed by atoms with Gasteiger partial charge in [0, 0.05) is 11.7 Å². The molecule has 3 heteroatoms. The molecule has 0 amide bonds. The molecular weight excluding hydrogens is 258 g/mol. The van der Waals surface area contributed by atoms with E-state index in [0.29, 0.717) is 0 Å². The molecule has 2 aromatic carbocycles. The third-order valence-electron chi connectivity index (χ3n) is 3.73. The highest BCUT2D eigenvalue weighted by Crippen LogP contribution is 2.24. The van der Waals surface area contributed by atoms with Crippen molar-refractivity contribution in [1.82, 2.24) is 9.97 Å². The number of aromatic nitrogens is 2. The van der Waals surface area contributed by atoms with Crippen molar-refractivity contribution >= 4 is 5.69 Å². The summed E-state index contributed by atoms with van der Waals surface area (Å²) in [5.41, 5.74) is 5.94. The van der Waals surface area contributed by atoms with Crippen molar-refractivity contribution in [2.75, 3.05) is 5.32 Å². The predicted molar refractivity (Wildman–Crippen MR) is 87.2 cm³/mol. The Morgan fingerprint density at radius 1 is 1.05 bits per heavy atom. The molecule has 0 fully saturated rings. The molecule has 21 heavy (non-hydrogen) atoms. The standard InChI is InChI=1S/C18H19N3/c1-13-5-3-4-6-17(13)14(2)21-16-9-7-15(8-10-16)18-11-19-12-20-18/h3-12,14,21H,1-2H3,(H,19,20). The average Bonchev–Trinajstić information content (AvgIpc) is 3.02. The maximum absolute atomic E-state index is 4.05. The van der Waals surface area contributed by atoms with E-state index in [1.165, 1.54) is 11.1 Å². The molecule has 1 unspecified atom stereocenters. The van der Waals surface area contributed by atoms with Crippen LogP contribution in [0.5, 0.6) is 0 Å². The minimum absolute atomic E-state index is 0.282. The van der Waals surface area contributed by atoms with E-state index < -0.39 is 0 Å². The quantitative estimate of drug-likeness (QED) is 0.734. The predicted octanol–water partition coefficient (Wildman–Crippen LogP) is 4.56. The third-order valence-corrected chi connectivity index (χ3v) is 3.73. The number of hydrogen-bond acceptors (Lipinski definition) is 2. The molecule has 3 aromatic rings. The summed E-state index contributed by atoms with van der Waals surface area (Å²) in [6.07, 6.45) is 3.53. The second-order valence-electron chi connectivity index (χ2n) is 5.27. The summed E-state index contributed by atoms with van der Waals surface area (Å²) in [4.78, 5) is 7.16. The summed E-state index contributed by atoms with van der Waals surface area (Å²) in [7, 11) is 0. The van der Waals surface area contributed by atoms with E-state index in [-0.39, 0.29) is 6.04 Å². The number of imidazole rings is 1. The molecule has 1 heterocycles. The molecule has 1 aromatic heterocycles. The van der Waals surface area contributed by atoms with Gasteiger partial charge in [-0.25, -0.2) is 4.98 Å². The molecule has 2 N–H and O–H groups in total. The van der Waals surface area contributed by atoms with Crippen LogP contribution in [0.1, 0.15) is 24.1 Å². The Kier molecular flexibility index (Phi) is 3.73. The number of nitrogens with one attached hydrogen (secondary N) is 2. The summed E-state index contributed by atoms with van der Waals surface area (Å²) in [5, 5.41) is 3.55. The molecular formula is C18H19N3. The van der Waals surface area contributed by atoms with Crippen molar-refractivity contribution in [2.24, 2.45) is 0 Å². The maximum atomic E-state index is 4.05. The first-order valence-corrected chi connectivity index (χ1v) is 7.15. The zero-order valence-corrected chi connectivity index (χ0v) is 12.3. The van der Waals surface area contributed by atoms with Gasteiger partial charge in [-0.1, -0.05) is 36.4 Å². The van der Waals surface area contributed by atoms with Crippen LogP contribution >= 0.6 is 0 Å². The van der Waals surface area contributed by atoms with E-state index in [0.717, 1.165) is 16.9 Å². The van der Waals surface area contributed by atoms with Gasteiger partial charge in [-0.15, -0.1) is 0 Å². The van der Waals surface area contributed by atoms with E-state index in [9.17, 15) is 0 Å². The first-order valence-electron chi connectivity index (χ1n) is 7.15. The smallest absolute Gasteiger partial charge is 0.0924 e. The van der Waals surface area contributed by atoms with Crippen LogP contribution < -0.4 is 5.32 Å². The summed E-state index contributed by atoms with van der Waals surface area (Å²) < 4.78 is 0. The lowest BCUT2D eigenvalue weighted by molar-refractivity contribution is 0.874. The number of anilines is 1. The van der Waals surface area contributed by atoms with Crippen LogP contribution in [0.25, 0.3) is 11.3 Å². The molecule has 106 valence electrons. The Morgan fingerprint density at radius 2 is 1.81 bits per heavy atom. The lowest BCUT2D eigenvalue weighted by atomic mass is 10.0. The average molecular weight is 277 g/mol. The van der Waals surface area contributed by atoms with Gasteiger partial charge in [-0.05, 0) is 42.7 Å². The fourth-order valence-electron chi connectivity index (χ4n) is 2.56. The Bertz CT molecular complexity index is 700. The van der Waals surface area contributed by atoms with Crippen molar-refractivity contribution in [3.8, 4) is 11.3 Å². The zero-order chi connectivity index (χ0) is 14.7. The minimum Gasteiger partial charge on any atom is -0.379 e. The topological polar surface area (TPSA) is 40.7 Å². The number of nitrogens with zero attached hydrogens (tertiary/aromatic N) is 1. The van der Waals surface area contributed by atoms with Gasteiger partial charge in [0.2, 0.25) is 0 Å². The van der Waals surface area contributed by atoms with E-state index >= 15 is 0 Å². The third kappa shape index (κ3) is 2.97. The SMILES string of the molecule is Cc1ccccc1C(C)Nc1ccc(-c2cnc[nH]2)cc1. The van der Waals surface area contributed by atoms with Crippen molar-refractivity contribution in [1.29, 1.82) is 0 Å². The van der Waals surface area contributed by atoms with Gasteiger partial charge in [-0.2, -0.15) is 0 Å². The molecule has 0 radical (unpaired) electrons. The van der Waals surface area contributed by atoms with Crippen molar-refractivity contribution < 1.29 is 0 Å². The van der Waals surface area contributed by atoms with Gasteiger partial charge >= 0.3 is 0 Å². The zero-order valence-electron chi connectivity index (χ0n) is 12.3. The van der Waals surface area contributed by atoms with Gasteiger partial charge in [0.1, 0.15) is 0 Å². The number of aromatic amines is 1. The van der Waals surface area contributed by atoms with Crippen LogP contribution in [0.15, 0.2) is 61.1 Å². The number of H-pyrrole nitrogens is 1. The Hall–Kier alpha value is -2.55. The fourth-order valence-corrected chi connectivity index (χ4v) is 2.56. The van der Waals surface area contributed by atoms with Crippen LogP contribution in [0.4, 0.5) is 5.69 Å². The molecule has 0 spiro atoms. The first-order chi connectivity index (χ1) is 10.2. The van der Waals surface area contributed by atoms with E-state index in [1.54, 1.807) is 6.33 Å². The van der Waals surface area contributed by atoms with Gasteiger partial charge in [0.05, 0.1) is 18.2 Å². The molecule has 1 atom stereocenters. The molecule has 0 saturated heterocycles. The van der Waals surface area contributed by atoms with Gasteiger partial charge in [0.25, 0.3) is 0 Å².